The molecule has 1 heterocycles. The number of hydrogen-bond acceptors (Lipinski definition) is 4. The molecule has 2 N–H and O–H groups in total. The second-order valence-electron chi connectivity index (χ2n) is 4.05. The Kier molecular flexibility index (Phi) is 5.67. The molecule has 110 valence electrons. The molecule has 4 nitrogen and oxygen atoms in total. The van der Waals surface area contributed by atoms with E-state index in [9.17, 15) is 9.59 Å². The molecule has 0 fully saturated rings. The molecule has 0 unspecified atom stereocenters. The van der Waals surface area contributed by atoms with Gasteiger partial charge in [0.25, 0.3) is 0 Å². The van der Waals surface area contributed by atoms with Crippen LogP contribution in [0, 0.1) is 0 Å². The largest absolute Gasteiger partial charge is 0.478 e. The summed E-state index contributed by atoms with van der Waals surface area (Å²) in [5.74, 6) is -0.680. The van der Waals surface area contributed by atoms with E-state index in [1.165, 1.54) is 29.2 Å². The molecule has 0 saturated heterocycles. The van der Waals surface area contributed by atoms with E-state index in [2.05, 4.69) is 5.32 Å². The number of halogens is 1. The van der Waals surface area contributed by atoms with Gasteiger partial charge in [-0.25, -0.2) is 4.79 Å². The number of carbonyl (C=O) groups is 2. The average Bonchev–Trinajstić information content (AvgIpc) is 2.89. The molecule has 2 rings (SSSR count). The second-order valence-corrected chi connectivity index (χ2v) is 6.51. The minimum Gasteiger partial charge on any atom is -0.478 e. The van der Waals surface area contributed by atoms with Crippen molar-refractivity contribution in [1.29, 1.82) is 0 Å². The van der Waals surface area contributed by atoms with Gasteiger partial charge in [-0.2, -0.15) is 0 Å². The lowest BCUT2D eigenvalue weighted by molar-refractivity contribution is -0.115. The topological polar surface area (TPSA) is 66.4 Å². The first kappa shape index (κ1) is 15.9. The van der Waals surface area contributed by atoms with Crippen LogP contribution < -0.4 is 5.32 Å². The first-order chi connectivity index (χ1) is 10.1. The van der Waals surface area contributed by atoms with E-state index in [4.69, 9.17) is 16.7 Å². The minimum atomic E-state index is -1.04. The number of amides is 1. The van der Waals surface area contributed by atoms with Crippen LogP contribution in [0.4, 0.5) is 5.00 Å². The Bertz CT molecular complexity index is 657. The molecule has 0 atom stereocenters. The van der Waals surface area contributed by atoms with Crippen LogP contribution in [0.15, 0.2) is 40.6 Å². The van der Waals surface area contributed by atoms with Gasteiger partial charge < -0.3 is 10.4 Å². The fourth-order valence-electron chi connectivity index (χ4n) is 1.58. The van der Waals surface area contributed by atoms with Crippen LogP contribution in [0.5, 0.6) is 0 Å². The van der Waals surface area contributed by atoms with Gasteiger partial charge in [0.15, 0.2) is 0 Å². The third-order valence-electron chi connectivity index (χ3n) is 2.57. The summed E-state index contributed by atoms with van der Waals surface area (Å²) in [6.07, 6.45) is 0.285. The zero-order chi connectivity index (χ0) is 15.2. The summed E-state index contributed by atoms with van der Waals surface area (Å²) in [7, 11) is 0. The number of benzene rings is 1. The van der Waals surface area contributed by atoms with E-state index in [-0.39, 0.29) is 17.9 Å². The maximum atomic E-state index is 11.8. The van der Waals surface area contributed by atoms with Gasteiger partial charge in [-0.05, 0) is 23.6 Å². The molecular weight excluding hydrogens is 330 g/mol. The van der Waals surface area contributed by atoms with Crippen LogP contribution in [0.2, 0.25) is 5.02 Å². The number of nitrogens with one attached hydrogen (secondary N) is 1. The van der Waals surface area contributed by atoms with Gasteiger partial charge in [-0.15, -0.1) is 23.1 Å². The lowest BCUT2D eigenvalue weighted by atomic mass is 10.3. The molecule has 1 aromatic heterocycles. The quantitative estimate of drug-likeness (QED) is 0.772. The first-order valence-corrected chi connectivity index (χ1v) is 8.30. The number of thioether (sulfide) groups is 1. The predicted molar refractivity (Wildman–Crippen MR) is 86.7 cm³/mol. The smallest absolute Gasteiger partial charge is 0.338 e. The fourth-order valence-corrected chi connectivity index (χ4v) is 3.56. The Labute approximate surface area is 135 Å². The Morgan fingerprint density at radius 1 is 1.29 bits per heavy atom. The SMILES string of the molecule is O=C(CCSc1ccccc1Cl)Nc1sccc1C(=O)O. The third-order valence-corrected chi connectivity index (χ3v) is 4.92. The zero-order valence-electron chi connectivity index (χ0n) is 10.8. The lowest BCUT2D eigenvalue weighted by Gasteiger charge is -2.05. The summed E-state index contributed by atoms with van der Waals surface area (Å²) in [5.41, 5.74) is 0.118. The zero-order valence-corrected chi connectivity index (χ0v) is 13.2. The Hall–Kier alpha value is -1.50. The van der Waals surface area contributed by atoms with Crippen LogP contribution >= 0.6 is 34.7 Å². The van der Waals surface area contributed by atoms with E-state index in [0.717, 1.165) is 4.90 Å². The van der Waals surface area contributed by atoms with Gasteiger partial charge in [-0.3, -0.25) is 4.79 Å². The van der Waals surface area contributed by atoms with Crippen LogP contribution in [0.3, 0.4) is 0 Å². The maximum absolute atomic E-state index is 11.8. The Morgan fingerprint density at radius 3 is 2.76 bits per heavy atom. The van der Waals surface area contributed by atoms with Crippen molar-refractivity contribution in [1.82, 2.24) is 0 Å². The summed E-state index contributed by atoms with van der Waals surface area (Å²) < 4.78 is 0. The maximum Gasteiger partial charge on any atom is 0.338 e. The Balaban J connectivity index is 1.84. The van der Waals surface area contributed by atoms with Gasteiger partial charge in [0.2, 0.25) is 5.91 Å². The molecule has 1 aromatic carbocycles. The molecule has 7 heteroatoms. The molecule has 0 bridgehead atoms. The summed E-state index contributed by atoms with van der Waals surface area (Å²) in [6.45, 7) is 0. The van der Waals surface area contributed by atoms with Crippen molar-refractivity contribution < 1.29 is 14.7 Å². The number of carboxylic acid groups (broad SMARTS) is 1. The second kappa shape index (κ2) is 7.49. The average molecular weight is 342 g/mol. The highest BCUT2D eigenvalue weighted by molar-refractivity contribution is 7.99. The lowest BCUT2D eigenvalue weighted by Crippen LogP contribution is -2.13. The number of carboxylic acids is 1. The molecule has 2 aromatic rings. The number of thiophene rings is 1. The number of anilines is 1. The van der Waals surface area contributed by atoms with Crippen LogP contribution in [-0.2, 0) is 4.79 Å². The van der Waals surface area contributed by atoms with E-state index >= 15 is 0 Å². The predicted octanol–water partition coefficient (Wildman–Crippen LogP) is 4.22. The van der Waals surface area contributed by atoms with Gasteiger partial charge in [0, 0.05) is 17.1 Å². The van der Waals surface area contributed by atoms with Gasteiger partial charge in [0.1, 0.15) is 5.00 Å². The molecule has 0 aliphatic carbocycles. The van der Waals surface area contributed by atoms with Crippen molar-refractivity contribution >= 4 is 51.6 Å². The summed E-state index contributed by atoms with van der Waals surface area (Å²) in [4.78, 5) is 23.7. The molecule has 0 radical (unpaired) electrons. The van der Waals surface area contributed by atoms with Gasteiger partial charge in [0.05, 0.1) is 10.6 Å². The van der Waals surface area contributed by atoms with Crippen molar-refractivity contribution in [3.8, 4) is 0 Å². The highest BCUT2D eigenvalue weighted by atomic mass is 35.5. The van der Waals surface area contributed by atoms with Crippen molar-refractivity contribution in [3.63, 3.8) is 0 Å². The molecule has 0 aliphatic rings. The number of rotatable bonds is 6. The van der Waals surface area contributed by atoms with E-state index in [0.29, 0.717) is 15.8 Å². The Morgan fingerprint density at radius 2 is 2.05 bits per heavy atom. The van der Waals surface area contributed by atoms with Crippen molar-refractivity contribution in [2.45, 2.75) is 11.3 Å². The summed E-state index contributed by atoms with van der Waals surface area (Å²) in [6, 6.07) is 8.91. The highest BCUT2D eigenvalue weighted by Gasteiger charge is 2.13. The molecule has 21 heavy (non-hydrogen) atoms. The first-order valence-electron chi connectivity index (χ1n) is 6.06. The molecule has 0 aliphatic heterocycles. The van der Waals surface area contributed by atoms with E-state index in [1.807, 2.05) is 18.2 Å². The van der Waals surface area contributed by atoms with Gasteiger partial charge >= 0.3 is 5.97 Å². The molecule has 0 spiro atoms. The van der Waals surface area contributed by atoms with Crippen LogP contribution in [0.25, 0.3) is 0 Å². The molecule has 1 amide bonds. The minimum absolute atomic E-state index is 0.118. The summed E-state index contributed by atoms with van der Waals surface area (Å²) >= 11 is 8.72. The monoisotopic (exact) mass is 341 g/mol. The van der Waals surface area contributed by atoms with Crippen molar-refractivity contribution in [2.24, 2.45) is 0 Å². The van der Waals surface area contributed by atoms with Crippen molar-refractivity contribution in [3.05, 3.63) is 46.3 Å². The number of carbonyl (C=O) groups excluding carboxylic acids is 1. The van der Waals surface area contributed by atoms with Crippen LogP contribution in [0.1, 0.15) is 16.8 Å². The standard InChI is InChI=1S/C14H12ClNO3S2/c15-10-3-1-2-4-11(10)20-8-6-12(17)16-13-9(14(18)19)5-7-21-13/h1-5,7H,6,8H2,(H,16,17)(H,18,19). The summed E-state index contributed by atoms with van der Waals surface area (Å²) in [5, 5.41) is 14.3. The molecular formula is C14H12ClNO3S2. The third kappa shape index (κ3) is 4.49. The van der Waals surface area contributed by atoms with Crippen LogP contribution in [-0.4, -0.2) is 22.7 Å². The highest BCUT2D eigenvalue weighted by Crippen LogP contribution is 2.27. The number of hydrogen-bond donors (Lipinski definition) is 2. The van der Waals surface area contributed by atoms with Crippen molar-refractivity contribution in [2.75, 3.05) is 11.1 Å². The fraction of sp³-hybridized carbons (Fsp3) is 0.143. The van der Waals surface area contributed by atoms with Gasteiger partial charge in [-0.1, -0.05) is 23.7 Å². The van der Waals surface area contributed by atoms with E-state index in [1.54, 1.807) is 11.4 Å². The normalized spacial score (nSPS) is 10.3. The number of aromatic carboxylic acids is 1. The van der Waals surface area contributed by atoms with E-state index < -0.39 is 5.97 Å². The molecule has 0 saturated carbocycles.